The minimum atomic E-state index is -0.407. The number of ether oxygens (including phenoxy) is 1. The second-order valence-electron chi connectivity index (χ2n) is 10.7. The third-order valence-electron chi connectivity index (χ3n) is 7.91. The van der Waals surface area contributed by atoms with Crippen molar-refractivity contribution >= 4 is 5.97 Å². The smallest absolute Gasteiger partial charge is 0.343 e. The van der Waals surface area contributed by atoms with Crippen LogP contribution in [0.4, 0.5) is 4.39 Å². The molecule has 0 radical (unpaired) electrons. The Morgan fingerprint density at radius 1 is 0.838 bits per heavy atom. The van der Waals surface area contributed by atoms with Gasteiger partial charge in [0, 0.05) is 5.56 Å². The number of hydrogen-bond acceptors (Lipinski definition) is 2. The molecular formula is C34H41FO2. The summed E-state index contributed by atoms with van der Waals surface area (Å²) in [5.41, 5.74) is 4.16. The Bertz CT molecular complexity index is 1130. The number of carbonyl (C=O) groups is 1. The number of unbranched alkanes of at least 4 members (excludes halogenated alkanes) is 3. The minimum absolute atomic E-state index is 0.194. The van der Waals surface area contributed by atoms with Crippen LogP contribution in [0, 0.1) is 11.7 Å². The molecule has 1 fully saturated rings. The highest BCUT2D eigenvalue weighted by Crippen LogP contribution is 2.38. The van der Waals surface area contributed by atoms with Crippen LogP contribution in [0.5, 0.6) is 5.75 Å². The molecule has 3 aromatic rings. The molecule has 1 saturated carbocycles. The number of esters is 1. The van der Waals surface area contributed by atoms with Crippen molar-refractivity contribution in [3.05, 3.63) is 89.2 Å². The number of aryl methyl sites for hydroxylation is 1. The van der Waals surface area contributed by atoms with E-state index in [0.717, 1.165) is 36.3 Å². The van der Waals surface area contributed by atoms with E-state index in [4.69, 9.17) is 4.74 Å². The molecule has 0 spiro atoms. The molecule has 2 nitrogen and oxygen atoms in total. The van der Waals surface area contributed by atoms with E-state index >= 15 is 4.39 Å². The SMILES string of the molecule is CCCCCc1ccc(OC(=O)c2ccc(-c3ccc([C@H]4CC[C@H](CCCC)CC4)cc3F)cc2)cc1. The van der Waals surface area contributed by atoms with Crippen LogP contribution in [0.15, 0.2) is 66.7 Å². The Balaban J connectivity index is 1.34. The van der Waals surface area contributed by atoms with E-state index in [1.165, 1.54) is 56.9 Å². The van der Waals surface area contributed by atoms with Gasteiger partial charge in [0.05, 0.1) is 5.56 Å². The average Bonchev–Trinajstić information content (AvgIpc) is 2.93. The third kappa shape index (κ3) is 7.53. The third-order valence-corrected chi connectivity index (χ3v) is 7.91. The Morgan fingerprint density at radius 2 is 1.54 bits per heavy atom. The summed E-state index contributed by atoms with van der Waals surface area (Å²) in [4.78, 5) is 12.6. The molecule has 0 atom stereocenters. The summed E-state index contributed by atoms with van der Waals surface area (Å²) in [6.07, 6.45) is 13.4. The van der Waals surface area contributed by atoms with Gasteiger partial charge in [-0.05, 0) is 97.4 Å². The first-order chi connectivity index (χ1) is 18.1. The molecule has 0 saturated heterocycles. The van der Waals surface area contributed by atoms with Crippen LogP contribution >= 0.6 is 0 Å². The second kappa shape index (κ2) is 13.6. The van der Waals surface area contributed by atoms with Crippen molar-refractivity contribution in [3.8, 4) is 16.9 Å². The van der Waals surface area contributed by atoms with Crippen molar-refractivity contribution in [2.24, 2.45) is 5.92 Å². The maximum absolute atomic E-state index is 15.1. The Hall–Kier alpha value is -2.94. The zero-order chi connectivity index (χ0) is 26.0. The van der Waals surface area contributed by atoms with Crippen molar-refractivity contribution in [2.45, 2.75) is 90.4 Å². The average molecular weight is 501 g/mol. The lowest BCUT2D eigenvalue weighted by Crippen LogP contribution is -2.13. The molecule has 37 heavy (non-hydrogen) atoms. The van der Waals surface area contributed by atoms with Crippen molar-refractivity contribution in [2.75, 3.05) is 0 Å². The normalized spacial score (nSPS) is 17.5. The summed E-state index contributed by atoms with van der Waals surface area (Å²) < 4.78 is 20.7. The monoisotopic (exact) mass is 500 g/mol. The summed E-state index contributed by atoms with van der Waals surface area (Å²) in [6.45, 7) is 4.45. The zero-order valence-electron chi connectivity index (χ0n) is 22.5. The van der Waals surface area contributed by atoms with E-state index in [2.05, 4.69) is 19.9 Å². The summed E-state index contributed by atoms with van der Waals surface area (Å²) in [5, 5.41) is 0. The lowest BCUT2D eigenvalue weighted by molar-refractivity contribution is 0.0734. The largest absolute Gasteiger partial charge is 0.423 e. The molecule has 4 rings (SSSR count). The van der Waals surface area contributed by atoms with Gasteiger partial charge in [-0.25, -0.2) is 9.18 Å². The molecule has 3 heteroatoms. The molecule has 1 aliphatic rings. The van der Waals surface area contributed by atoms with Gasteiger partial charge in [0.2, 0.25) is 0 Å². The van der Waals surface area contributed by atoms with Crippen LogP contribution in [-0.4, -0.2) is 5.97 Å². The fraction of sp³-hybridized carbons (Fsp3) is 0.441. The van der Waals surface area contributed by atoms with Crippen LogP contribution in [0.2, 0.25) is 0 Å². The second-order valence-corrected chi connectivity index (χ2v) is 10.7. The number of halogens is 1. The van der Waals surface area contributed by atoms with Gasteiger partial charge < -0.3 is 4.74 Å². The lowest BCUT2D eigenvalue weighted by atomic mass is 9.77. The van der Waals surface area contributed by atoms with Crippen molar-refractivity contribution < 1.29 is 13.9 Å². The molecule has 0 bridgehead atoms. The van der Waals surface area contributed by atoms with E-state index < -0.39 is 5.97 Å². The predicted octanol–water partition coefficient (Wildman–Crippen LogP) is 9.91. The van der Waals surface area contributed by atoms with Crippen LogP contribution in [0.1, 0.15) is 105 Å². The first-order valence-corrected chi connectivity index (χ1v) is 14.3. The predicted molar refractivity (Wildman–Crippen MR) is 151 cm³/mol. The maximum atomic E-state index is 15.1. The van der Waals surface area contributed by atoms with Gasteiger partial charge in [-0.3, -0.25) is 0 Å². The molecule has 3 aromatic carbocycles. The molecule has 0 unspecified atom stereocenters. The van der Waals surface area contributed by atoms with Crippen molar-refractivity contribution in [3.63, 3.8) is 0 Å². The fourth-order valence-corrected chi connectivity index (χ4v) is 5.55. The van der Waals surface area contributed by atoms with Gasteiger partial charge >= 0.3 is 5.97 Å². The van der Waals surface area contributed by atoms with Gasteiger partial charge in [-0.1, -0.05) is 82.3 Å². The zero-order valence-corrected chi connectivity index (χ0v) is 22.5. The van der Waals surface area contributed by atoms with E-state index in [-0.39, 0.29) is 5.82 Å². The van der Waals surface area contributed by atoms with Crippen LogP contribution in [0.25, 0.3) is 11.1 Å². The van der Waals surface area contributed by atoms with E-state index in [1.54, 1.807) is 30.3 Å². The van der Waals surface area contributed by atoms with Gasteiger partial charge in [-0.2, -0.15) is 0 Å². The van der Waals surface area contributed by atoms with Gasteiger partial charge in [0.15, 0.2) is 0 Å². The summed E-state index contributed by atoms with van der Waals surface area (Å²) in [5.74, 6) is 1.24. The number of carbonyl (C=O) groups excluding carboxylic acids is 1. The number of benzene rings is 3. The first-order valence-electron chi connectivity index (χ1n) is 14.3. The van der Waals surface area contributed by atoms with Crippen molar-refractivity contribution in [1.82, 2.24) is 0 Å². The quantitative estimate of drug-likeness (QED) is 0.149. The molecular weight excluding hydrogens is 459 g/mol. The Kier molecular flexibility index (Phi) is 9.93. The van der Waals surface area contributed by atoms with Gasteiger partial charge in [0.25, 0.3) is 0 Å². The number of rotatable bonds is 11. The first kappa shape index (κ1) is 27.1. The minimum Gasteiger partial charge on any atom is -0.423 e. The highest BCUT2D eigenvalue weighted by atomic mass is 19.1. The summed E-state index contributed by atoms with van der Waals surface area (Å²) in [6, 6.07) is 20.5. The van der Waals surface area contributed by atoms with Crippen LogP contribution < -0.4 is 4.74 Å². The molecule has 1 aliphatic carbocycles. The molecule has 196 valence electrons. The van der Waals surface area contributed by atoms with Crippen LogP contribution in [0.3, 0.4) is 0 Å². The van der Waals surface area contributed by atoms with Crippen LogP contribution in [-0.2, 0) is 6.42 Å². The molecule has 0 heterocycles. The molecule has 0 aromatic heterocycles. The molecule has 0 aliphatic heterocycles. The fourth-order valence-electron chi connectivity index (χ4n) is 5.55. The van der Waals surface area contributed by atoms with Crippen molar-refractivity contribution in [1.29, 1.82) is 0 Å². The lowest BCUT2D eigenvalue weighted by Gasteiger charge is -2.29. The summed E-state index contributed by atoms with van der Waals surface area (Å²) in [7, 11) is 0. The van der Waals surface area contributed by atoms with Gasteiger partial charge in [0.1, 0.15) is 11.6 Å². The number of hydrogen-bond donors (Lipinski definition) is 0. The van der Waals surface area contributed by atoms with E-state index in [0.29, 0.717) is 22.8 Å². The van der Waals surface area contributed by atoms with E-state index in [9.17, 15) is 4.79 Å². The van der Waals surface area contributed by atoms with E-state index in [1.807, 2.05) is 30.3 Å². The topological polar surface area (TPSA) is 26.3 Å². The summed E-state index contributed by atoms with van der Waals surface area (Å²) >= 11 is 0. The van der Waals surface area contributed by atoms with Gasteiger partial charge in [-0.15, -0.1) is 0 Å². The highest BCUT2D eigenvalue weighted by Gasteiger charge is 2.23. The highest BCUT2D eigenvalue weighted by molar-refractivity contribution is 5.91. The Labute approximate surface area is 222 Å². The maximum Gasteiger partial charge on any atom is 0.343 e. The molecule has 0 N–H and O–H groups in total. The molecule has 0 amide bonds. The Morgan fingerprint density at radius 3 is 2.19 bits per heavy atom. The standard InChI is InChI=1S/C34H41FO2/c1-3-5-7-9-26-12-21-31(22-13-26)37-34(36)29-18-16-28(17-19-29)32-23-20-30(24-33(32)35)27-14-10-25(11-15-27)8-6-4-2/h12-13,16-25,27H,3-11,14-15H2,1-2H3/t25-,27-.